The van der Waals surface area contributed by atoms with Gasteiger partial charge in [-0.15, -0.1) is 10.2 Å². The molecule has 0 bridgehead atoms. The number of hydrogen-bond acceptors (Lipinski definition) is 6. The molecule has 0 N–H and O–H groups in total. The van der Waals surface area contributed by atoms with Crippen LogP contribution in [0.25, 0.3) is 11.6 Å². The van der Waals surface area contributed by atoms with Crippen LogP contribution in [0.5, 0.6) is 0 Å². The highest BCUT2D eigenvalue weighted by Gasteiger charge is 2.17. The fourth-order valence-corrected chi connectivity index (χ4v) is 3.17. The molecule has 126 valence electrons. The number of carbonyl (C=O) groups is 1. The van der Waals surface area contributed by atoms with Gasteiger partial charge in [0.05, 0.1) is 24.8 Å². The zero-order valence-corrected chi connectivity index (χ0v) is 14.3. The lowest BCUT2D eigenvalue weighted by Gasteiger charge is -2.15. The van der Waals surface area contributed by atoms with Crippen molar-refractivity contribution in [2.24, 2.45) is 0 Å². The molecule has 1 amide bonds. The van der Waals surface area contributed by atoms with Gasteiger partial charge in [-0.2, -0.15) is 0 Å². The van der Waals surface area contributed by atoms with E-state index < -0.39 is 0 Å². The van der Waals surface area contributed by atoms with Crippen molar-refractivity contribution >= 4 is 17.7 Å². The predicted octanol–water partition coefficient (Wildman–Crippen LogP) is 2.90. The number of aromatic nitrogens is 3. The van der Waals surface area contributed by atoms with Gasteiger partial charge >= 0.3 is 0 Å². The number of thioether (sulfide) groups is 1. The third kappa shape index (κ3) is 3.53. The van der Waals surface area contributed by atoms with Gasteiger partial charge in [-0.3, -0.25) is 9.36 Å². The SMILES string of the molecule is CCn1c(SCC(=O)N(C)Cc2ccco2)nnc1-c1ccco1. The highest BCUT2D eigenvalue weighted by molar-refractivity contribution is 7.99. The Bertz CT molecular complexity index is 780. The highest BCUT2D eigenvalue weighted by Crippen LogP contribution is 2.24. The number of furan rings is 2. The zero-order valence-electron chi connectivity index (χ0n) is 13.5. The van der Waals surface area contributed by atoms with Crippen LogP contribution in [0.3, 0.4) is 0 Å². The Morgan fingerprint density at radius 1 is 1.25 bits per heavy atom. The summed E-state index contributed by atoms with van der Waals surface area (Å²) < 4.78 is 12.6. The van der Waals surface area contributed by atoms with Crippen molar-refractivity contribution in [3.8, 4) is 11.6 Å². The maximum atomic E-state index is 12.3. The first-order valence-corrected chi connectivity index (χ1v) is 8.53. The molecule has 7 nitrogen and oxygen atoms in total. The van der Waals surface area contributed by atoms with Crippen molar-refractivity contribution in [2.75, 3.05) is 12.8 Å². The maximum absolute atomic E-state index is 12.3. The third-order valence-corrected chi connectivity index (χ3v) is 4.45. The summed E-state index contributed by atoms with van der Waals surface area (Å²) in [6, 6.07) is 7.30. The van der Waals surface area contributed by atoms with Crippen molar-refractivity contribution in [3.63, 3.8) is 0 Å². The molecule has 0 spiro atoms. The molecule has 3 aromatic rings. The molecule has 0 aromatic carbocycles. The van der Waals surface area contributed by atoms with E-state index in [9.17, 15) is 4.79 Å². The summed E-state index contributed by atoms with van der Waals surface area (Å²) in [5.74, 6) is 2.38. The lowest BCUT2D eigenvalue weighted by Crippen LogP contribution is -2.27. The van der Waals surface area contributed by atoms with Gasteiger partial charge in [0.15, 0.2) is 16.7 Å². The first-order chi connectivity index (χ1) is 11.7. The van der Waals surface area contributed by atoms with E-state index in [0.717, 1.165) is 5.76 Å². The van der Waals surface area contributed by atoms with Gasteiger partial charge in [0.1, 0.15) is 5.76 Å². The summed E-state index contributed by atoms with van der Waals surface area (Å²) in [6.45, 7) is 3.15. The van der Waals surface area contributed by atoms with E-state index in [1.54, 1.807) is 24.5 Å². The number of carbonyl (C=O) groups excluding carboxylic acids is 1. The van der Waals surface area contributed by atoms with E-state index >= 15 is 0 Å². The van der Waals surface area contributed by atoms with Crippen LogP contribution in [0.4, 0.5) is 0 Å². The van der Waals surface area contributed by atoms with Crippen molar-refractivity contribution in [3.05, 3.63) is 42.6 Å². The number of hydrogen-bond donors (Lipinski definition) is 0. The van der Waals surface area contributed by atoms with Crippen LogP contribution in [0.1, 0.15) is 12.7 Å². The van der Waals surface area contributed by atoms with Crippen LogP contribution < -0.4 is 0 Å². The van der Waals surface area contributed by atoms with Gasteiger partial charge in [0.2, 0.25) is 5.91 Å². The molecule has 0 aliphatic rings. The minimum absolute atomic E-state index is 0.00148. The van der Waals surface area contributed by atoms with Gasteiger partial charge < -0.3 is 13.7 Å². The molecule has 3 heterocycles. The molecule has 3 rings (SSSR count). The van der Waals surface area contributed by atoms with E-state index in [2.05, 4.69) is 10.2 Å². The van der Waals surface area contributed by atoms with Crippen LogP contribution in [0.15, 0.2) is 50.8 Å². The maximum Gasteiger partial charge on any atom is 0.233 e. The van der Waals surface area contributed by atoms with Gasteiger partial charge in [0, 0.05) is 13.6 Å². The zero-order chi connectivity index (χ0) is 16.9. The second-order valence-corrected chi connectivity index (χ2v) is 6.09. The standard InChI is InChI=1S/C16H18N4O3S/c1-3-20-15(13-7-5-9-23-13)17-18-16(20)24-11-14(21)19(2)10-12-6-4-8-22-12/h4-9H,3,10-11H2,1-2H3. The molecule has 0 aliphatic heterocycles. The van der Waals surface area contributed by atoms with Gasteiger partial charge in [-0.25, -0.2) is 0 Å². The van der Waals surface area contributed by atoms with E-state index in [1.165, 1.54) is 11.8 Å². The number of nitrogens with zero attached hydrogens (tertiary/aromatic N) is 4. The largest absolute Gasteiger partial charge is 0.467 e. The summed E-state index contributed by atoms with van der Waals surface area (Å²) >= 11 is 1.36. The number of rotatable bonds is 7. The topological polar surface area (TPSA) is 77.3 Å². The molecule has 24 heavy (non-hydrogen) atoms. The summed E-state index contributed by atoms with van der Waals surface area (Å²) in [4.78, 5) is 13.9. The second-order valence-electron chi connectivity index (χ2n) is 5.15. The molecule has 0 saturated heterocycles. The van der Waals surface area contributed by atoms with Gasteiger partial charge in [-0.05, 0) is 31.2 Å². The first kappa shape index (κ1) is 16.4. The second kappa shape index (κ2) is 7.39. The molecular formula is C16H18N4O3S. The summed E-state index contributed by atoms with van der Waals surface area (Å²) in [5, 5.41) is 9.05. The lowest BCUT2D eigenvalue weighted by atomic mass is 10.4. The Labute approximate surface area is 143 Å². The van der Waals surface area contributed by atoms with Gasteiger partial charge in [-0.1, -0.05) is 11.8 Å². The van der Waals surface area contributed by atoms with E-state index in [4.69, 9.17) is 8.83 Å². The van der Waals surface area contributed by atoms with Crippen molar-refractivity contribution in [2.45, 2.75) is 25.2 Å². The molecular weight excluding hydrogens is 328 g/mol. The smallest absolute Gasteiger partial charge is 0.233 e. The summed E-state index contributed by atoms with van der Waals surface area (Å²) in [7, 11) is 1.75. The molecule has 0 unspecified atom stereocenters. The highest BCUT2D eigenvalue weighted by atomic mass is 32.2. The quantitative estimate of drug-likeness (QED) is 0.612. The predicted molar refractivity (Wildman–Crippen MR) is 89.3 cm³/mol. The Morgan fingerprint density at radius 3 is 2.71 bits per heavy atom. The van der Waals surface area contributed by atoms with Crippen LogP contribution in [-0.4, -0.2) is 38.4 Å². The summed E-state index contributed by atoms with van der Waals surface area (Å²) in [5.41, 5.74) is 0. The Balaban J connectivity index is 1.63. The van der Waals surface area contributed by atoms with Crippen LogP contribution in [0.2, 0.25) is 0 Å². The normalized spacial score (nSPS) is 10.9. The van der Waals surface area contributed by atoms with Crippen molar-refractivity contribution < 1.29 is 13.6 Å². The molecule has 0 aliphatic carbocycles. The minimum atomic E-state index is 0.00148. The molecule has 0 atom stereocenters. The summed E-state index contributed by atoms with van der Waals surface area (Å²) in [6.07, 6.45) is 3.20. The Kier molecular flexibility index (Phi) is 5.05. The van der Waals surface area contributed by atoms with Crippen molar-refractivity contribution in [1.82, 2.24) is 19.7 Å². The van der Waals surface area contributed by atoms with Crippen LogP contribution >= 0.6 is 11.8 Å². The fourth-order valence-electron chi connectivity index (χ4n) is 2.23. The van der Waals surface area contributed by atoms with E-state index in [0.29, 0.717) is 29.8 Å². The number of amides is 1. The molecule has 0 radical (unpaired) electrons. The average molecular weight is 346 g/mol. The monoisotopic (exact) mass is 346 g/mol. The lowest BCUT2D eigenvalue weighted by molar-refractivity contribution is -0.127. The van der Waals surface area contributed by atoms with E-state index in [1.807, 2.05) is 35.8 Å². The molecule has 0 saturated carbocycles. The van der Waals surface area contributed by atoms with E-state index in [-0.39, 0.29) is 11.7 Å². The Hall–Kier alpha value is -2.48. The Morgan fingerprint density at radius 2 is 2.04 bits per heavy atom. The van der Waals surface area contributed by atoms with Gasteiger partial charge in [0.25, 0.3) is 0 Å². The minimum Gasteiger partial charge on any atom is -0.467 e. The average Bonchev–Trinajstić information content (AvgIpc) is 3.32. The molecule has 0 fully saturated rings. The molecule has 3 aromatic heterocycles. The molecule has 8 heteroatoms. The van der Waals surface area contributed by atoms with Crippen LogP contribution in [-0.2, 0) is 17.9 Å². The fraction of sp³-hybridized carbons (Fsp3) is 0.312. The van der Waals surface area contributed by atoms with Crippen LogP contribution in [0, 0.1) is 0 Å². The van der Waals surface area contributed by atoms with Crippen molar-refractivity contribution in [1.29, 1.82) is 0 Å². The first-order valence-electron chi connectivity index (χ1n) is 7.55. The third-order valence-electron chi connectivity index (χ3n) is 3.50.